The zero-order valence-corrected chi connectivity index (χ0v) is 15.3. The molecule has 0 amide bonds. The van der Waals surface area contributed by atoms with Gasteiger partial charge in [-0.15, -0.1) is 0 Å². The number of aromatic amines is 1. The monoisotopic (exact) mass is 365 g/mol. The highest BCUT2D eigenvalue weighted by molar-refractivity contribution is 6.09. The maximum Gasteiger partial charge on any atom is 0.141 e. The van der Waals surface area contributed by atoms with Crippen LogP contribution in [0.1, 0.15) is 35.2 Å². The highest BCUT2D eigenvalue weighted by atomic mass is 14.7. The third kappa shape index (κ3) is 2.39. The summed E-state index contributed by atoms with van der Waals surface area (Å²) in [4.78, 5) is 8.06. The highest BCUT2D eigenvalue weighted by Gasteiger charge is 2.21. The number of aromatic nitrogens is 2. The van der Waals surface area contributed by atoms with Crippen LogP contribution >= 0.6 is 0 Å². The largest absolute Gasteiger partial charge is 0.398 e. The molecule has 1 aliphatic carbocycles. The topological polar surface area (TPSA) is 102 Å². The van der Waals surface area contributed by atoms with E-state index in [1.54, 1.807) is 0 Å². The van der Waals surface area contributed by atoms with Crippen molar-refractivity contribution in [2.24, 2.45) is 0 Å². The van der Waals surface area contributed by atoms with E-state index in [4.69, 9.17) is 11.1 Å². The van der Waals surface area contributed by atoms with Crippen LogP contribution in [-0.2, 0) is 12.8 Å². The zero-order chi connectivity index (χ0) is 19.3. The first kappa shape index (κ1) is 16.5. The van der Waals surface area contributed by atoms with E-state index in [0.717, 1.165) is 58.9 Å². The number of benzene rings is 2. The summed E-state index contributed by atoms with van der Waals surface area (Å²) in [7, 11) is 0. The van der Waals surface area contributed by atoms with Crippen LogP contribution in [-0.4, -0.2) is 16.2 Å². The summed E-state index contributed by atoms with van der Waals surface area (Å²) in [6.45, 7) is 0. The predicted molar refractivity (Wildman–Crippen MR) is 113 cm³/mol. The van der Waals surface area contributed by atoms with Gasteiger partial charge in [0.25, 0.3) is 0 Å². The van der Waals surface area contributed by atoms with Crippen molar-refractivity contribution in [2.45, 2.75) is 25.7 Å². The molecule has 4 aromatic rings. The summed E-state index contributed by atoms with van der Waals surface area (Å²) in [6, 6.07) is 14.0. The fourth-order valence-electron chi connectivity index (χ4n) is 4.41. The van der Waals surface area contributed by atoms with Crippen molar-refractivity contribution in [3.05, 3.63) is 58.8 Å². The van der Waals surface area contributed by atoms with Gasteiger partial charge >= 0.3 is 0 Å². The zero-order valence-electron chi connectivity index (χ0n) is 15.3. The van der Waals surface area contributed by atoms with Crippen molar-refractivity contribution in [1.29, 1.82) is 10.7 Å². The van der Waals surface area contributed by atoms with Crippen molar-refractivity contribution in [3.8, 4) is 17.3 Å². The fraction of sp³-hybridized carbons (Fsp3) is 0.174. The molecule has 0 unspecified atom stereocenters. The molecule has 2 heterocycles. The standard InChI is InChI=1S/C23H19N5/c24-11-14-9-13(5-6-19(14)26)23-17-4-2-1-3-16(17)22-18-10-15(12-25)27-20(18)7-8-21(22)28-23/h5-11,24,28H,1-4,26H2. The average molecular weight is 365 g/mol. The van der Waals surface area contributed by atoms with Crippen LogP contribution in [0, 0.1) is 16.7 Å². The lowest BCUT2D eigenvalue weighted by Crippen LogP contribution is -2.08. The second kappa shape index (κ2) is 6.21. The SMILES string of the molecule is N#Cc1cc2c(ccc3[nH]c(-c4ccc(N)c(C=N)c4)c4c(c32)CCCC4)n1. The van der Waals surface area contributed by atoms with Crippen LogP contribution in [0.15, 0.2) is 36.4 Å². The maximum absolute atomic E-state index is 9.26. The predicted octanol–water partition coefficient (Wildman–Crippen LogP) is 4.71. The van der Waals surface area contributed by atoms with Gasteiger partial charge in [0.05, 0.1) is 5.52 Å². The number of nitrogens with zero attached hydrogens (tertiary/aromatic N) is 2. The summed E-state index contributed by atoms with van der Waals surface area (Å²) in [6.07, 6.45) is 5.65. The molecule has 1 aliphatic rings. The van der Waals surface area contributed by atoms with Gasteiger partial charge in [0.1, 0.15) is 11.8 Å². The van der Waals surface area contributed by atoms with Crippen molar-refractivity contribution >= 4 is 33.7 Å². The molecule has 0 aliphatic heterocycles. The van der Waals surface area contributed by atoms with E-state index >= 15 is 0 Å². The van der Waals surface area contributed by atoms with Crippen molar-refractivity contribution in [2.75, 3.05) is 5.73 Å². The molecule has 0 radical (unpaired) electrons. The molecular formula is C23H19N5. The normalized spacial score (nSPS) is 13.4. The molecule has 0 saturated heterocycles. The second-order valence-electron chi connectivity index (χ2n) is 7.33. The molecule has 28 heavy (non-hydrogen) atoms. The van der Waals surface area contributed by atoms with Gasteiger partial charge in [-0.05, 0) is 72.7 Å². The minimum Gasteiger partial charge on any atom is -0.398 e. The van der Waals surface area contributed by atoms with Gasteiger partial charge in [-0.25, -0.2) is 4.98 Å². The van der Waals surface area contributed by atoms with Gasteiger partial charge in [-0.1, -0.05) is 6.07 Å². The van der Waals surface area contributed by atoms with E-state index in [0.29, 0.717) is 11.4 Å². The number of nitrogens with two attached hydrogens (primary N) is 1. The Hall–Kier alpha value is -3.65. The summed E-state index contributed by atoms with van der Waals surface area (Å²) >= 11 is 0. The van der Waals surface area contributed by atoms with Crippen molar-refractivity contribution in [3.63, 3.8) is 0 Å². The van der Waals surface area contributed by atoms with Crippen LogP contribution < -0.4 is 5.73 Å². The molecule has 136 valence electrons. The Balaban J connectivity index is 1.86. The molecule has 4 N–H and O–H groups in total. The lowest BCUT2D eigenvalue weighted by Gasteiger charge is -2.23. The van der Waals surface area contributed by atoms with Crippen LogP contribution in [0.4, 0.5) is 5.69 Å². The number of fused-ring (bicyclic) bond motifs is 5. The summed E-state index contributed by atoms with van der Waals surface area (Å²) in [5, 5.41) is 19.1. The Kier molecular flexibility index (Phi) is 3.66. The fourth-order valence-corrected chi connectivity index (χ4v) is 4.41. The van der Waals surface area contributed by atoms with Gasteiger partial charge < -0.3 is 16.1 Å². The first-order chi connectivity index (χ1) is 13.7. The lowest BCUT2D eigenvalue weighted by atomic mass is 9.85. The number of hydrogen-bond acceptors (Lipinski definition) is 4. The molecule has 2 aromatic heterocycles. The summed E-state index contributed by atoms with van der Waals surface area (Å²) < 4.78 is 0. The lowest BCUT2D eigenvalue weighted by molar-refractivity contribution is 0.689. The molecular weight excluding hydrogens is 346 g/mol. The molecule has 0 fully saturated rings. The second-order valence-corrected chi connectivity index (χ2v) is 7.33. The van der Waals surface area contributed by atoms with Gasteiger partial charge in [-0.2, -0.15) is 5.26 Å². The van der Waals surface area contributed by atoms with E-state index in [9.17, 15) is 5.26 Å². The molecule has 5 heteroatoms. The van der Waals surface area contributed by atoms with E-state index in [1.165, 1.54) is 22.7 Å². The molecule has 5 rings (SSSR count). The first-order valence-corrected chi connectivity index (χ1v) is 9.47. The average Bonchev–Trinajstić information content (AvgIpc) is 3.17. The van der Waals surface area contributed by atoms with Gasteiger partial charge in [0, 0.05) is 39.4 Å². The van der Waals surface area contributed by atoms with Crippen molar-refractivity contribution < 1.29 is 0 Å². The minimum absolute atomic E-state index is 0.463. The van der Waals surface area contributed by atoms with Gasteiger partial charge in [0.2, 0.25) is 0 Å². The Bertz CT molecular complexity index is 1310. The van der Waals surface area contributed by atoms with Crippen molar-refractivity contribution in [1.82, 2.24) is 9.97 Å². The number of nitrogen functional groups attached to an aromatic ring is 1. The third-order valence-corrected chi connectivity index (χ3v) is 5.72. The Morgan fingerprint density at radius 1 is 1.11 bits per heavy atom. The number of nitriles is 1. The number of H-pyrrole nitrogens is 1. The number of aryl methyl sites for hydroxylation is 1. The first-order valence-electron chi connectivity index (χ1n) is 9.47. The highest BCUT2D eigenvalue weighted by Crippen LogP contribution is 2.38. The number of nitrogens with one attached hydrogen (secondary N) is 2. The molecule has 5 nitrogen and oxygen atoms in total. The summed E-state index contributed by atoms with van der Waals surface area (Å²) in [5.74, 6) is 0. The molecule has 0 saturated carbocycles. The summed E-state index contributed by atoms with van der Waals surface area (Å²) in [5.41, 5.74) is 14.5. The molecule has 2 aromatic carbocycles. The van der Waals surface area contributed by atoms with Crippen LogP contribution in [0.2, 0.25) is 0 Å². The van der Waals surface area contributed by atoms with Gasteiger partial charge in [-0.3, -0.25) is 0 Å². The number of pyridine rings is 1. The Labute approximate surface area is 162 Å². The van der Waals surface area contributed by atoms with Gasteiger partial charge in [0.15, 0.2) is 0 Å². The maximum atomic E-state index is 9.26. The third-order valence-electron chi connectivity index (χ3n) is 5.72. The van der Waals surface area contributed by atoms with E-state index in [1.807, 2.05) is 30.3 Å². The molecule has 0 bridgehead atoms. The number of anilines is 1. The van der Waals surface area contributed by atoms with Crippen LogP contribution in [0.25, 0.3) is 33.1 Å². The molecule has 0 spiro atoms. The number of rotatable bonds is 2. The minimum atomic E-state index is 0.463. The Morgan fingerprint density at radius 2 is 1.93 bits per heavy atom. The Morgan fingerprint density at radius 3 is 2.71 bits per heavy atom. The quantitative estimate of drug-likeness (QED) is 0.354. The van der Waals surface area contributed by atoms with Crippen LogP contribution in [0.5, 0.6) is 0 Å². The molecule has 0 atom stereocenters. The van der Waals surface area contributed by atoms with E-state index in [-0.39, 0.29) is 0 Å². The number of hydrogen-bond donors (Lipinski definition) is 3. The van der Waals surface area contributed by atoms with Crippen LogP contribution in [0.3, 0.4) is 0 Å². The smallest absolute Gasteiger partial charge is 0.141 e. The van der Waals surface area contributed by atoms with E-state index in [2.05, 4.69) is 22.1 Å². The van der Waals surface area contributed by atoms with E-state index < -0.39 is 0 Å².